The van der Waals surface area contributed by atoms with E-state index in [-0.39, 0.29) is 5.41 Å². The summed E-state index contributed by atoms with van der Waals surface area (Å²) in [5.41, 5.74) is 8.56. The summed E-state index contributed by atoms with van der Waals surface area (Å²) < 4.78 is 6.32. The van der Waals surface area contributed by atoms with Crippen molar-refractivity contribution in [2.45, 2.75) is 39.5 Å². The number of hydrogen-bond donors (Lipinski definition) is 1. The maximum absolute atomic E-state index is 6.32. The highest BCUT2D eigenvalue weighted by molar-refractivity contribution is 5.81. The molecule has 0 atom stereocenters. The van der Waals surface area contributed by atoms with E-state index in [2.05, 4.69) is 86.6 Å². The van der Waals surface area contributed by atoms with E-state index in [0.717, 1.165) is 45.0 Å². The zero-order chi connectivity index (χ0) is 23.7. The van der Waals surface area contributed by atoms with Crippen molar-refractivity contribution in [3.8, 4) is 11.3 Å². The van der Waals surface area contributed by atoms with Crippen molar-refractivity contribution in [1.82, 2.24) is 4.98 Å². The van der Waals surface area contributed by atoms with Crippen molar-refractivity contribution in [3.63, 3.8) is 0 Å². The van der Waals surface area contributed by atoms with Gasteiger partial charge in [0, 0.05) is 22.4 Å². The quantitative estimate of drug-likeness (QED) is 0.291. The smallest absolute Gasteiger partial charge is 0.146 e. The standard InChI is InChI=1S/C30H29N3O/c1-5-20-10-16-27-24(18-20)26(32-33-29-17-13-21-8-6-7-9-25(21)31-29)19-28(34-27)22-11-14-23(15-12-22)30(2,3)4/h6-19H,5H2,1-4H3,(H,31,33). The van der Waals surface area contributed by atoms with Gasteiger partial charge in [0.25, 0.3) is 0 Å². The number of fused-ring (bicyclic) bond motifs is 2. The average molecular weight is 448 g/mol. The molecule has 0 aliphatic carbocycles. The molecule has 0 bridgehead atoms. The third-order valence-corrected chi connectivity index (χ3v) is 6.14. The second-order valence-corrected chi connectivity index (χ2v) is 9.62. The Morgan fingerprint density at radius 3 is 2.44 bits per heavy atom. The van der Waals surface area contributed by atoms with Gasteiger partial charge in [0.1, 0.15) is 17.2 Å². The Hall–Kier alpha value is -3.92. The van der Waals surface area contributed by atoms with Crippen LogP contribution in [0.15, 0.2) is 94.4 Å². The molecular formula is C30H29N3O. The van der Waals surface area contributed by atoms with E-state index in [9.17, 15) is 0 Å². The summed E-state index contributed by atoms with van der Waals surface area (Å²) in [6.45, 7) is 8.81. The van der Waals surface area contributed by atoms with Gasteiger partial charge in [-0.05, 0) is 53.3 Å². The molecule has 2 heterocycles. The van der Waals surface area contributed by atoms with E-state index in [0.29, 0.717) is 5.82 Å². The van der Waals surface area contributed by atoms with Gasteiger partial charge in [-0.3, -0.25) is 5.43 Å². The molecule has 0 saturated heterocycles. The number of rotatable bonds is 4. The molecule has 170 valence electrons. The number of hydrogen-bond acceptors (Lipinski definition) is 4. The highest BCUT2D eigenvalue weighted by Crippen LogP contribution is 2.27. The molecule has 0 radical (unpaired) electrons. The molecule has 0 unspecified atom stereocenters. The molecule has 0 saturated carbocycles. The van der Waals surface area contributed by atoms with Gasteiger partial charge >= 0.3 is 0 Å². The van der Waals surface area contributed by atoms with Crippen LogP contribution in [0.5, 0.6) is 0 Å². The fourth-order valence-corrected chi connectivity index (χ4v) is 4.05. The Labute approximate surface area is 200 Å². The Morgan fingerprint density at radius 2 is 1.68 bits per heavy atom. The van der Waals surface area contributed by atoms with Gasteiger partial charge in [-0.15, -0.1) is 0 Å². The molecule has 0 fully saturated rings. The first-order valence-electron chi connectivity index (χ1n) is 11.7. The van der Waals surface area contributed by atoms with Crippen molar-refractivity contribution in [1.29, 1.82) is 0 Å². The Morgan fingerprint density at radius 1 is 0.882 bits per heavy atom. The van der Waals surface area contributed by atoms with Gasteiger partial charge in [-0.25, -0.2) is 4.98 Å². The molecule has 5 rings (SSSR count). The van der Waals surface area contributed by atoms with Crippen molar-refractivity contribution < 1.29 is 4.42 Å². The third-order valence-electron chi connectivity index (χ3n) is 6.14. The number of pyridine rings is 1. The Kier molecular flexibility index (Phi) is 5.66. The van der Waals surface area contributed by atoms with E-state index < -0.39 is 0 Å². The first-order chi connectivity index (χ1) is 16.4. The maximum atomic E-state index is 6.32. The van der Waals surface area contributed by atoms with Crippen LogP contribution < -0.4 is 10.8 Å². The predicted molar refractivity (Wildman–Crippen MR) is 141 cm³/mol. The summed E-state index contributed by atoms with van der Waals surface area (Å²) in [5, 5.41) is 7.66. The lowest BCUT2D eigenvalue weighted by atomic mass is 9.86. The SMILES string of the molecule is CCc1ccc2oc(-c3ccc(C(C)(C)C)cc3)cc(=NNc3ccc4ccccc4n3)c2c1. The number of anilines is 1. The zero-order valence-corrected chi connectivity index (χ0v) is 20.1. The zero-order valence-electron chi connectivity index (χ0n) is 20.1. The van der Waals surface area contributed by atoms with Crippen LogP contribution in [0.2, 0.25) is 0 Å². The topological polar surface area (TPSA) is 50.4 Å². The molecular weight excluding hydrogens is 418 g/mol. The molecule has 0 aliphatic rings. The van der Waals surface area contributed by atoms with E-state index in [1.807, 2.05) is 36.4 Å². The summed E-state index contributed by atoms with van der Waals surface area (Å²) in [6, 6.07) is 28.9. The van der Waals surface area contributed by atoms with Crippen LogP contribution >= 0.6 is 0 Å². The predicted octanol–water partition coefficient (Wildman–Crippen LogP) is 7.44. The minimum atomic E-state index is 0.104. The van der Waals surface area contributed by atoms with Gasteiger partial charge in [-0.2, -0.15) is 5.10 Å². The second-order valence-electron chi connectivity index (χ2n) is 9.62. The van der Waals surface area contributed by atoms with Crippen LogP contribution in [0.25, 0.3) is 33.2 Å². The number of para-hydroxylation sites is 1. The highest BCUT2D eigenvalue weighted by Gasteiger charge is 2.14. The van der Waals surface area contributed by atoms with E-state index >= 15 is 0 Å². The molecule has 4 heteroatoms. The van der Waals surface area contributed by atoms with Gasteiger partial charge in [-0.1, -0.05) is 76.2 Å². The molecule has 3 aromatic carbocycles. The van der Waals surface area contributed by atoms with Crippen molar-refractivity contribution in [3.05, 3.63) is 101 Å². The van der Waals surface area contributed by atoms with Crippen LogP contribution in [0.3, 0.4) is 0 Å². The lowest BCUT2D eigenvalue weighted by Gasteiger charge is -2.19. The first kappa shape index (κ1) is 21.9. The van der Waals surface area contributed by atoms with Crippen molar-refractivity contribution >= 4 is 27.7 Å². The molecule has 0 amide bonds. The minimum absolute atomic E-state index is 0.104. The minimum Gasteiger partial charge on any atom is -0.456 e. The van der Waals surface area contributed by atoms with Crippen molar-refractivity contribution in [2.75, 3.05) is 5.43 Å². The summed E-state index contributed by atoms with van der Waals surface area (Å²) >= 11 is 0. The summed E-state index contributed by atoms with van der Waals surface area (Å²) in [5.74, 6) is 1.49. The third kappa shape index (κ3) is 4.44. The number of nitrogens with zero attached hydrogens (tertiary/aromatic N) is 2. The molecule has 34 heavy (non-hydrogen) atoms. The summed E-state index contributed by atoms with van der Waals surface area (Å²) in [6.07, 6.45) is 0.949. The number of aryl methyl sites for hydroxylation is 1. The van der Waals surface area contributed by atoms with E-state index in [1.165, 1.54) is 11.1 Å². The number of benzene rings is 3. The second kappa shape index (κ2) is 8.79. The average Bonchev–Trinajstić information content (AvgIpc) is 2.86. The monoisotopic (exact) mass is 447 g/mol. The van der Waals surface area contributed by atoms with Crippen LogP contribution in [0.4, 0.5) is 5.82 Å². The van der Waals surface area contributed by atoms with Crippen LogP contribution in [-0.2, 0) is 11.8 Å². The summed E-state index contributed by atoms with van der Waals surface area (Å²) in [4.78, 5) is 4.69. The molecule has 0 spiro atoms. The number of nitrogens with one attached hydrogen (secondary N) is 1. The maximum Gasteiger partial charge on any atom is 0.146 e. The summed E-state index contributed by atoms with van der Waals surface area (Å²) in [7, 11) is 0. The van der Waals surface area contributed by atoms with Crippen molar-refractivity contribution in [2.24, 2.45) is 5.10 Å². The van der Waals surface area contributed by atoms with E-state index in [4.69, 9.17) is 9.52 Å². The first-order valence-corrected chi connectivity index (χ1v) is 11.7. The van der Waals surface area contributed by atoms with Gasteiger partial charge in [0.05, 0.1) is 10.9 Å². The largest absolute Gasteiger partial charge is 0.456 e. The molecule has 1 N–H and O–H groups in total. The normalized spacial score (nSPS) is 12.4. The fourth-order valence-electron chi connectivity index (χ4n) is 4.05. The molecule has 5 aromatic rings. The lowest BCUT2D eigenvalue weighted by Crippen LogP contribution is -2.10. The van der Waals surface area contributed by atoms with Crippen LogP contribution in [0.1, 0.15) is 38.8 Å². The van der Waals surface area contributed by atoms with Gasteiger partial charge in [0.15, 0.2) is 0 Å². The molecule has 2 aromatic heterocycles. The van der Waals surface area contributed by atoms with Gasteiger partial charge in [0.2, 0.25) is 0 Å². The fraction of sp³-hybridized carbons (Fsp3) is 0.200. The Balaban J connectivity index is 1.60. The molecule has 4 nitrogen and oxygen atoms in total. The van der Waals surface area contributed by atoms with E-state index in [1.54, 1.807) is 0 Å². The lowest BCUT2D eigenvalue weighted by molar-refractivity contribution is 0.589. The van der Waals surface area contributed by atoms with Gasteiger partial charge < -0.3 is 4.42 Å². The Bertz CT molecular complexity index is 1540. The number of aromatic nitrogens is 1. The molecule has 0 aliphatic heterocycles. The van der Waals surface area contributed by atoms with Crippen LogP contribution in [-0.4, -0.2) is 4.98 Å². The van der Waals surface area contributed by atoms with Crippen LogP contribution in [0, 0.1) is 0 Å². The highest BCUT2D eigenvalue weighted by atomic mass is 16.3.